The van der Waals surface area contributed by atoms with Crippen molar-refractivity contribution in [2.45, 2.75) is 6.92 Å². The standard InChI is InChI=1S/C13H11N3O2/c1-7-4-9(6-12(17)15-7)8-2-3-10-11(5-8)18-16-13(10)14/h2-6H,1H3,(H2,14,16)(H,15,17). The Kier molecular flexibility index (Phi) is 2.19. The molecule has 0 aliphatic rings. The molecule has 3 rings (SSSR count). The fraction of sp³-hybridized carbons (Fsp3) is 0.0769. The van der Waals surface area contributed by atoms with Gasteiger partial charge in [0, 0.05) is 11.8 Å². The minimum absolute atomic E-state index is 0.123. The highest BCUT2D eigenvalue weighted by Crippen LogP contribution is 2.26. The second kappa shape index (κ2) is 3.73. The first-order valence-corrected chi connectivity index (χ1v) is 5.50. The molecule has 1 aromatic carbocycles. The zero-order chi connectivity index (χ0) is 12.7. The number of nitrogens with two attached hydrogens (primary N) is 1. The van der Waals surface area contributed by atoms with Crippen molar-refractivity contribution < 1.29 is 4.52 Å². The molecule has 3 N–H and O–H groups in total. The highest BCUT2D eigenvalue weighted by molar-refractivity contribution is 5.90. The van der Waals surface area contributed by atoms with Crippen LogP contribution in [0.4, 0.5) is 5.82 Å². The van der Waals surface area contributed by atoms with Gasteiger partial charge < -0.3 is 15.2 Å². The van der Waals surface area contributed by atoms with Crippen LogP contribution >= 0.6 is 0 Å². The molecule has 0 atom stereocenters. The third-order valence-electron chi connectivity index (χ3n) is 2.81. The maximum atomic E-state index is 11.4. The molecule has 0 saturated heterocycles. The van der Waals surface area contributed by atoms with Crippen molar-refractivity contribution in [3.8, 4) is 11.1 Å². The van der Waals surface area contributed by atoms with Crippen molar-refractivity contribution in [1.29, 1.82) is 0 Å². The minimum atomic E-state index is -0.123. The number of rotatable bonds is 1. The van der Waals surface area contributed by atoms with E-state index in [1.165, 1.54) is 0 Å². The van der Waals surface area contributed by atoms with E-state index in [-0.39, 0.29) is 5.56 Å². The number of anilines is 1. The van der Waals surface area contributed by atoms with Crippen LogP contribution in [-0.4, -0.2) is 10.1 Å². The van der Waals surface area contributed by atoms with E-state index < -0.39 is 0 Å². The molecule has 0 bridgehead atoms. The summed E-state index contributed by atoms with van der Waals surface area (Å²) in [5.41, 5.74) is 8.70. The molecule has 0 aliphatic carbocycles. The summed E-state index contributed by atoms with van der Waals surface area (Å²) in [6.07, 6.45) is 0. The highest BCUT2D eigenvalue weighted by atomic mass is 16.5. The van der Waals surface area contributed by atoms with E-state index in [0.29, 0.717) is 11.4 Å². The molecule has 18 heavy (non-hydrogen) atoms. The predicted molar refractivity (Wildman–Crippen MR) is 69.2 cm³/mol. The number of nitrogens with zero attached hydrogens (tertiary/aromatic N) is 1. The number of fused-ring (bicyclic) bond motifs is 1. The van der Waals surface area contributed by atoms with E-state index >= 15 is 0 Å². The van der Waals surface area contributed by atoms with Crippen LogP contribution in [0.3, 0.4) is 0 Å². The van der Waals surface area contributed by atoms with Crippen molar-refractivity contribution in [3.63, 3.8) is 0 Å². The smallest absolute Gasteiger partial charge is 0.248 e. The number of nitrogen functional groups attached to an aromatic ring is 1. The lowest BCUT2D eigenvalue weighted by molar-refractivity contribution is 0.460. The summed E-state index contributed by atoms with van der Waals surface area (Å²) < 4.78 is 5.11. The molecule has 0 amide bonds. The quantitative estimate of drug-likeness (QED) is 0.683. The lowest BCUT2D eigenvalue weighted by atomic mass is 10.0. The average Bonchev–Trinajstić information content (AvgIpc) is 2.69. The molecule has 2 aromatic heterocycles. The topological polar surface area (TPSA) is 84.9 Å². The zero-order valence-electron chi connectivity index (χ0n) is 9.73. The molecule has 0 saturated carbocycles. The van der Waals surface area contributed by atoms with E-state index in [1.807, 2.05) is 31.2 Å². The van der Waals surface area contributed by atoms with E-state index in [1.54, 1.807) is 6.07 Å². The maximum absolute atomic E-state index is 11.4. The van der Waals surface area contributed by atoms with Crippen LogP contribution in [0.2, 0.25) is 0 Å². The van der Waals surface area contributed by atoms with Gasteiger partial charge in [-0.25, -0.2) is 0 Å². The van der Waals surface area contributed by atoms with Crippen LogP contribution in [0.25, 0.3) is 22.1 Å². The molecule has 0 radical (unpaired) electrons. The first-order chi connectivity index (χ1) is 8.63. The third-order valence-corrected chi connectivity index (χ3v) is 2.81. The Hall–Kier alpha value is -2.56. The van der Waals surface area contributed by atoms with Crippen LogP contribution in [0.1, 0.15) is 5.69 Å². The fourth-order valence-corrected chi connectivity index (χ4v) is 1.99. The lowest BCUT2D eigenvalue weighted by Crippen LogP contribution is -2.05. The van der Waals surface area contributed by atoms with Gasteiger partial charge in [0.15, 0.2) is 11.4 Å². The molecule has 0 aliphatic heterocycles. The Bertz CT molecular complexity index is 786. The SMILES string of the molecule is Cc1cc(-c2ccc3c(N)noc3c2)cc(=O)[nH]1. The summed E-state index contributed by atoms with van der Waals surface area (Å²) in [7, 11) is 0. The van der Waals surface area contributed by atoms with Crippen molar-refractivity contribution in [3.05, 3.63) is 46.4 Å². The van der Waals surface area contributed by atoms with Gasteiger partial charge in [-0.1, -0.05) is 11.2 Å². The zero-order valence-corrected chi connectivity index (χ0v) is 9.73. The molecular formula is C13H11N3O2. The van der Waals surface area contributed by atoms with Crippen LogP contribution in [0, 0.1) is 6.92 Å². The van der Waals surface area contributed by atoms with Crippen LogP contribution in [-0.2, 0) is 0 Å². The van der Waals surface area contributed by atoms with Gasteiger partial charge in [-0.2, -0.15) is 0 Å². The maximum Gasteiger partial charge on any atom is 0.248 e. The van der Waals surface area contributed by atoms with Crippen LogP contribution in [0.15, 0.2) is 39.6 Å². The lowest BCUT2D eigenvalue weighted by Gasteiger charge is -2.02. The van der Waals surface area contributed by atoms with Gasteiger partial charge in [0.05, 0.1) is 5.39 Å². The molecule has 0 fully saturated rings. The van der Waals surface area contributed by atoms with Crippen LogP contribution in [0.5, 0.6) is 0 Å². The Morgan fingerprint density at radius 3 is 2.83 bits per heavy atom. The van der Waals surface area contributed by atoms with Gasteiger partial charge >= 0.3 is 0 Å². The van der Waals surface area contributed by atoms with E-state index in [2.05, 4.69) is 10.1 Å². The number of aryl methyl sites for hydroxylation is 1. The Morgan fingerprint density at radius 1 is 1.22 bits per heavy atom. The monoisotopic (exact) mass is 241 g/mol. The summed E-state index contributed by atoms with van der Waals surface area (Å²) in [5, 5.41) is 4.48. The van der Waals surface area contributed by atoms with E-state index in [4.69, 9.17) is 10.3 Å². The number of hydrogen-bond acceptors (Lipinski definition) is 4. The first-order valence-electron chi connectivity index (χ1n) is 5.50. The highest BCUT2D eigenvalue weighted by Gasteiger charge is 2.07. The molecule has 5 heteroatoms. The number of hydrogen-bond donors (Lipinski definition) is 2. The van der Waals surface area contributed by atoms with Crippen LogP contribution < -0.4 is 11.3 Å². The summed E-state index contributed by atoms with van der Waals surface area (Å²) in [4.78, 5) is 14.2. The Morgan fingerprint density at radius 2 is 2.06 bits per heavy atom. The molecule has 0 unspecified atom stereocenters. The number of benzene rings is 1. The van der Waals surface area contributed by atoms with Crippen molar-refractivity contribution in [2.24, 2.45) is 0 Å². The predicted octanol–water partition coefficient (Wildman–Crippen LogP) is 2.07. The number of pyridine rings is 1. The summed E-state index contributed by atoms with van der Waals surface area (Å²) >= 11 is 0. The molecule has 90 valence electrons. The van der Waals surface area contributed by atoms with Crippen molar-refractivity contribution in [1.82, 2.24) is 10.1 Å². The fourth-order valence-electron chi connectivity index (χ4n) is 1.99. The number of aromatic nitrogens is 2. The van der Waals surface area contributed by atoms with Gasteiger partial charge in [0.2, 0.25) is 5.56 Å². The van der Waals surface area contributed by atoms with Crippen molar-refractivity contribution in [2.75, 3.05) is 5.73 Å². The molecular weight excluding hydrogens is 230 g/mol. The number of nitrogens with one attached hydrogen (secondary N) is 1. The normalized spacial score (nSPS) is 10.9. The van der Waals surface area contributed by atoms with Gasteiger partial charge in [-0.05, 0) is 36.2 Å². The van der Waals surface area contributed by atoms with Crippen molar-refractivity contribution >= 4 is 16.8 Å². The molecule has 3 aromatic rings. The second-order valence-corrected chi connectivity index (χ2v) is 4.20. The van der Waals surface area contributed by atoms with Gasteiger partial charge in [0.25, 0.3) is 0 Å². The van der Waals surface area contributed by atoms with Gasteiger partial charge in [-0.3, -0.25) is 4.79 Å². The van der Waals surface area contributed by atoms with E-state index in [9.17, 15) is 4.79 Å². The molecule has 2 heterocycles. The molecule has 0 spiro atoms. The van der Waals surface area contributed by atoms with Gasteiger partial charge in [-0.15, -0.1) is 0 Å². The third kappa shape index (κ3) is 1.66. The second-order valence-electron chi connectivity index (χ2n) is 4.20. The summed E-state index contributed by atoms with van der Waals surface area (Å²) in [6.45, 7) is 1.84. The summed E-state index contributed by atoms with van der Waals surface area (Å²) in [5.74, 6) is 0.374. The first kappa shape index (κ1) is 10.6. The minimum Gasteiger partial charge on any atom is -0.380 e. The van der Waals surface area contributed by atoms with Gasteiger partial charge in [0.1, 0.15) is 0 Å². The Balaban J connectivity index is 2.22. The Labute approximate surface area is 102 Å². The molecule has 5 nitrogen and oxygen atoms in total. The largest absolute Gasteiger partial charge is 0.380 e. The average molecular weight is 241 g/mol. The van der Waals surface area contributed by atoms with E-state index in [0.717, 1.165) is 22.2 Å². The summed E-state index contributed by atoms with van der Waals surface area (Å²) in [6, 6.07) is 9.01. The number of aromatic amines is 1. The number of H-pyrrole nitrogens is 1.